The Bertz CT molecular complexity index is 1080. The van der Waals surface area contributed by atoms with E-state index in [1.54, 1.807) is 4.90 Å². The molecule has 7 nitrogen and oxygen atoms in total. The first-order chi connectivity index (χ1) is 16.0. The summed E-state index contributed by atoms with van der Waals surface area (Å²) in [4.78, 5) is 30.8. The number of aryl methyl sites for hydroxylation is 2. The number of carbonyl (C=O) groups is 2. The number of carbonyl (C=O) groups excluding carboxylic acids is 2. The topological polar surface area (TPSA) is 95.7 Å². The molecule has 0 saturated carbocycles. The van der Waals surface area contributed by atoms with Crippen LogP contribution in [0.1, 0.15) is 46.4 Å². The first kappa shape index (κ1) is 22.7. The fourth-order valence-electron chi connectivity index (χ4n) is 3.80. The maximum atomic E-state index is 12.6. The summed E-state index contributed by atoms with van der Waals surface area (Å²) in [5, 5.41) is 12.6. The van der Waals surface area contributed by atoms with Crippen LogP contribution in [-0.2, 0) is 17.8 Å². The highest BCUT2D eigenvalue weighted by Gasteiger charge is 2.24. The average molecular weight is 448 g/mol. The summed E-state index contributed by atoms with van der Waals surface area (Å²) in [5.74, 6) is 0.215. The van der Waals surface area contributed by atoms with Gasteiger partial charge < -0.3 is 19.7 Å². The third-order valence-corrected chi connectivity index (χ3v) is 5.93. The quantitative estimate of drug-likeness (QED) is 0.578. The molecular weight excluding hydrogens is 418 g/mol. The maximum absolute atomic E-state index is 12.6. The second-order valence-corrected chi connectivity index (χ2v) is 8.52. The fourth-order valence-corrected chi connectivity index (χ4v) is 3.80. The SMILES string of the molecule is Cc1ccc(CCC(=O)NCc2ccc(-c3nc(C(=O)N4CCC(O)CC4)co3)cc2)cc1. The summed E-state index contributed by atoms with van der Waals surface area (Å²) in [6.07, 6.45) is 3.38. The number of aliphatic hydroxyl groups excluding tert-OH is 1. The van der Waals surface area contributed by atoms with Crippen molar-refractivity contribution in [3.63, 3.8) is 0 Å². The lowest BCUT2D eigenvalue weighted by atomic mass is 10.1. The smallest absolute Gasteiger partial charge is 0.275 e. The summed E-state index contributed by atoms with van der Waals surface area (Å²) < 4.78 is 5.53. The zero-order valence-electron chi connectivity index (χ0n) is 18.8. The first-order valence-corrected chi connectivity index (χ1v) is 11.3. The molecule has 2 amide bonds. The molecule has 4 rings (SSSR count). The van der Waals surface area contributed by atoms with E-state index in [1.165, 1.54) is 11.8 Å². The number of oxazole rings is 1. The number of aromatic nitrogens is 1. The lowest BCUT2D eigenvalue weighted by Crippen LogP contribution is -2.40. The van der Waals surface area contributed by atoms with Crippen LogP contribution in [0.15, 0.2) is 59.2 Å². The Morgan fingerprint density at radius 3 is 2.42 bits per heavy atom. The van der Waals surface area contributed by atoms with E-state index in [0.29, 0.717) is 51.2 Å². The van der Waals surface area contributed by atoms with E-state index in [1.807, 2.05) is 31.2 Å². The van der Waals surface area contributed by atoms with Crippen LogP contribution in [0.25, 0.3) is 11.5 Å². The van der Waals surface area contributed by atoms with Crippen molar-refractivity contribution in [3.8, 4) is 11.5 Å². The summed E-state index contributed by atoms with van der Waals surface area (Å²) in [7, 11) is 0. The highest BCUT2D eigenvalue weighted by molar-refractivity contribution is 5.92. The monoisotopic (exact) mass is 447 g/mol. The summed E-state index contributed by atoms with van der Waals surface area (Å²) in [5.41, 5.74) is 4.37. The molecule has 2 heterocycles. The zero-order chi connectivity index (χ0) is 23.2. The largest absolute Gasteiger partial charge is 0.444 e. The van der Waals surface area contributed by atoms with Gasteiger partial charge in [0.1, 0.15) is 6.26 Å². The molecule has 0 bridgehead atoms. The van der Waals surface area contributed by atoms with Crippen molar-refractivity contribution in [3.05, 3.63) is 77.2 Å². The predicted octanol–water partition coefficient (Wildman–Crippen LogP) is 3.50. The van der Waals surface area contributed by atoms with Gasteiger partial charge in [-0.3, -0.25) is 9.59 Å². The highest BCUT2D eigenvalue weighted by Crippen LogP contribution is 2.21. The van der Waals surface area contributed by atoms with Gasteiger partial charge in [0.25, 0.3) is 5.91 Å². The van der Waals surface area contributed by atoms with Crippen molar-refractivity contribution in [2.45, 2.75) is 45.3 Å². The van der Waals surface area contributed by atoms with E-state index in [2.05, 4.69) is 34.6 Å². The highest BCUT2D eigenvalue weighted by atomic mass is 16.3. The van der Waals surface area contributed by atoms with Crippen molar-refractivity contribution in [1.29, 1.82) is 0 Å². The van der Waals surface area contributed by atoms with Gasteiger partial charge in [-0.1, -0.05) is 42.0 Å². The van der Waals surface area contributed by atoms with Crippen LogP contribution in [0.2, 0.25) is 0 Å². The molecule has 0 atom stereocenters. The molecule has 0 unspecified atom stereocenters. The number of hydrogen-bond donors (Lipinski definition) is 2. The van der Waals surface area contributed by atoms with Gasteiger partial charge >= 0.3 is 0 Å². The van der Waals surface area contributed by atoms with Crippen molar-refractivity contribution in [2.24, 2.45) is 0 Å². The maximum Gasteiger partial charge on any atom is 0.275 e. The Labute approximate surface area is 193 Å². The number of nitrogens with one attached hydrogen (secondary N) is 1. The van der Waals surface area contributed by atoms with Crippen molar-refractivity contribution >= 4 is 11.8 Å². The predicted molar refractivity (Wildman–Crippen MR) is 124 cm³/mol. The molecular formula is C26H29N3O4. The summed E-state index contributed by atoms with van der Waals surface area (Å²) in [6, 6.07) is 15.8. The van der Waals surface area contributed by atoms with Gasteiger partial charge in [-0.05, 0) is 49.4 Å². The van der Waals surface area contributed by atoms with E-state index in [4.69, 9.17) is 4.42 Å². The van der Waals surface area contributed by atoms with Crippen LogP contribution >= 0.6 is 0 Å². The third kappa shape index (κ3) is 6.08. The Morgan fingerprint density at radius 2 is 1.73 bits per heavy atom. The minimum atomic E-state index is -0.335. The van der Waals surface area contributed by atoms with E-state index in [-0.39, 0.29) is 23.6 Å². The molecule has 33 heavy (non-hydrogen) atoms. The Hall–Kier alpha value is -3.45. The molecule has 1 aliphatic rings. The number of amides is 2. The number of piperidine rings is 1. The molecule has 1 fully saturated rings. The Kier molecular flexibility index (Phi) is 7.19. The Morgan fingerprint density at radius 1 is 1.06 bits per heavy atom. The second-order valence-electron chi connectivity index (χ2n) is 8.52. The molecule has 1 aromatic heterocycles. The van der Waals surface area contributed by atoms with E-state index in [9.17, 15) is 14.7 Å². The fraction of sp³-hybridized carbons (Fsp3) is 0.346. The Balaban J connectivity index is 1.27. The minimum Gasteiger partial charge on any atom is -0.444 e. The number of likely N-dealkylation sites (tertiary alicyclic amines) is 1. The van der Waals surface area contributed by atoms with E-state index >= 15 is 0 Å². The van der Waals surface area contributed by atoms with E-state index in [0.717, 1.165) is 16.7 Å². The standard InChI is InChI=1S/C26H29N3O4/c1-18-2-4-19(5-3-18)8-11-24(31)27-16-20-6-9-21(10-7-20)25-28-23(17-33-25)26(32)29-14-12-22(30)13-15-29/h2-7,9-10,17,22,30H,8,11-16H2,1H3,(H,27,31). The van der Waals surface area contributed by atoms with Crippen LogP contribution in [0.5, 0.6) is 0 Å². The van der Waals surface area contributed by atoms with Crippen molar-refractivity contribution in [1.82, 2.24) is 15.2 Å². The second kappa shape index (κ2) is 10.4. The average Bonchev–Trinajstić information content (AvgIpc) is 3.33. The summed E-state index contributed by atoms with van der Waals surface area (Å²) in [6.45, 7) is 3.54. The molecule has 7 heteroatoms. The van der Waals surface area contributed by atoms with Gasteiger partial charge in [0.2, 0.25) is 11.8 Å². The van der Waals surface area contributed by atoms with Crippen LogP contribution in [0.3, 0.4) is 0 Å². The zero-order valence-corrected chi connectivity index (χ0v) is 18.8. The van der Waals surface area contributed by atoms with Gasteiger partial charge in [0, 0.05) is 31.6 Å². The van der Waals surface area contributed by atoms with Crippen LogP contribution in [0.4, 0.5) is 0 Å². The molecule has 1 saturated heterocycles. The number of nitrogens with zero attached hydrogens (tertiary/aromatic N) is 2. The van der Waals surface area contributed by atoms with E-state index < -0.39 is 0 Å². The van der Waals surface area contributed by atoms with Gasteiger partial charge in [-0.2, -0.15) is 0 Å². The summed E-state index contributed by atoms with van der Waals surface area (Å²) >= 11 is 0. The van der Waals surface area contributed by atoms with Crippen LogP contribution < -0.4 is 5.32 Å². The lowest BCUT2D eigenvalue weighted by Gasteiger charge is -2.28. The van der Waals surface area contributed by atoms with Gasteiger partial charge in [0.05, 0.1) is 6.10 Å². The number of rotatable bonds is 7. The molecule has 1 aliphatic heterocycles. The number of aliphatic hydroxyl groups is 1. The van der Waals surface area contributed by atoms with Gasteiger partial charge in [-0.25, -0.2) is 4.98 Å². The van der Waals surface area contributed by atoms with Crippen molar-refractivity contribution in [2.75, 3.05) is 13.1 Å². The third-order valence-electron chi connectivity index (χ3n) is 5.93. The minimum absolute atomic E-state index is 0.0146. The lowest BCUT2D eigenvalue weighted by molar-refractivity contribution is -0.121. The molecule has 0 aliphatic carbocycles. The molecule has 3 aromatic rings. The normalized spacial score (nSPS) is 14.3. The molecule has 172 valence electrons. The first-order valence-electron chi connectivity index (χ1n) is 11.3. The van der Waals surface area contributed by atoms with Crippen molar-refractivity contribution < 1.29 is 19.1 Å². The van der Waals surface area contributed by atoms with Crippen LogP contribution in [-0.4, -0.2) is 46.0 Å². The molecule has 0 spiro atoms. The molecule has 0 radical (unpaired) electrons. The molecule has 2 N–H and O–H groups in total. The van der Waals surface area contributed by atoms with Gasteiger partial charge in [0.15, 0.2) is 5.69 Å². The number of benzene rings is 2. The van der Waals surface area contributed by atoms with Gasteiger partial charge in [-0.15, -0.1) is 0 Å². The van der Waals surface area contributed by atoms with Crippen LogP contribution in [0, 0.1) is 6.92 Å². The molecule has 2 aromatic carbocycles. The number of hydrogen-bond acceptors (Lipinski definition) is 5.